The highest BCUT2D eigenvalue weighted by Gasteiger charge is 2.41. The van der Waals surface area contributed by atoms with Crippen molar-refractivity contribution in [3.63, 3.8) is 0 Å². The standard InChI is InChI=1S/C34H46F2N2O2/c1-34(2,19-25-9-11-29(35)12-10-25)20-26-13-15-37(16-14-26)21-28-22-38(32(33(39)40)17-24-5-3-6-24)23-31(28)27-7-4-8-30(36)18-27/h4,7-12,18,24,26,28,31-32H,3,5-6,13-17,19-23H2,1-2H3,(H,39,40). The molecule has 2 saturated heterocycles. The molecule has 3 fully saturated rings. The van der Waals surface area contributed by atoms with Gasteiger partial charge in [-0.15, -0.1) is 0 Å². The summed E-state index contributed by atoms with van der Waals surface area (Å²) in [6, 6.07) is 13.4. The summed E-state index contributed by atoms with van der Waals surface area (Å²) in [7, 11) is 0. The van der Waals surface area contributed by atoms with Crippen LogP contribution in [0.3, 0.4) is 0 Å². The molecule has 3 unspecified atom stereocenters. The lowest BCUT2D eigenvalue weighted by molar-refractivity contribution is -0.144. The Bertz CT molecular complexity index is 1130. The average molecular weight is 553 g/mol. The minimum Gasteiger partial charge on any atom is -0.480 e. The first kappa shape index (κ1) is 29.2. The van der Waals surface area contributed by atoms with Crippen molar-refractivity contribution < 1.29 is 18.7 Å². The summed E-state index contributed by atoms with van der Waals surface area (Å²) in [6.45, 7) is 9.12. The van der Waals surface area contributed by atoms with E-state index in [1.807, 2.05) is 18.2 Å². The maximum Gasteiger partial charge on any atom is 0.320 e. The van der Waals surface area contributed by atoms with Crippen LogP contribution in [-0.4, -0.2) is 59.6 Å². The van der Waals surface area contributed by atoms with Gasteiger partial charge in [-0.2, -0.15) is 0 Å². The molecule has 3 aliphatic rings. The van der Waals surface area contributed by atoms with E-state index in [0.29, 0.717) is 18.4 Å². The molecule has 0 bridgehead atoms. The summed E-state index contributed by atoms with van der Waals surface area (Å²) >= 11 is 0. The summed E-state index contributed by atoms with van der Waals surface area (Å²) in [5.41, 5.74) is 2.35. The Morgan fingerprint density at radius 2 is 1.70 bits per heavy atom. The Hall–Kier alpha value is -2.31. The topological polar surface area (TPSA) is 43.8 Å². The summed E-state index contributed by atoms with van der Waals surface area (Å²) in [4.78, 5) is 17.1. The largest absolute Gasteiger partial charge is 0.480 e. The lowest BCUT2D eigenvalue weighted by Crippen LogP contribution is -2.43. The zero-order valence-electron chi connectivity index (χ0n) is 24.2. The van der Waals surface area contributed by atoms with Crippen LogP contribution in [-0.2, 0) is 11.2 Å². The van der Waals surface area contributed by atoms with E-state index in [1.165, 1.54) is 18.1 Å². The van der Waals surface area contributed by atoms with Crippen molar-refractivity contribution in [2.24, 2.45) is 23.2 Å². The van der Waals surface area contributed by atoms with Gasteiger partial charge in [0, 0.05) is 25.6 Å². The Kier molecular flexibility index (Phi) is 9.26. The van der Waals surface area contributed by atoms with Crippen LogP contribution in [0.25, 0.3) is 0 Å². The number of aliphatic carboxylic acids is 1. The minimum absolute atomic E-state index is 0.145. The molecule has 0 spiro atoms. The van der Waals surface area contributed by atoms with Crippen LogP contribution in [0.15, 0.2) is 48.5 Å². The van der Waals surface area contributed by atoms with E-state index in [0.717, 1.165) is 76.7 Å². The summed E-state index contributed by atoms with van der Waals surface area (Å²) in [5, 5.41) is 10.1. The number of nitrogens with zero attached hydrogens (tertiary/aromatic N) is 2. The molecule has 40 heavy (non-hydrogen) atoms. The Morgan fingerprint density at radius 1 is 0.975 bits per heavy atom. The Labute approximate surface area is 238 Å². The van der Waals surface area contributed by atoms with Crippen molar-refractivity contribution in [1.82, 2.24) is 9.80 Å². The van der Waals surface area contributed by atoms with Crippen molar-refractivity contribution in [3.8, 4) is 0 Å². The summed E-state index contributed by atoms with van der Waals surface area (Å²) in [5.74, 6) is 0.514. The molecule has 2 heterocycles. The predicted octanol–water partition coefficient (Wildman–Crippen LogP) is 6.99. The van der Waals surface area contributed by atoms with Gasteiger partial charge in [-0.3, -0.25) is 9.69 Å². The number of likely N-dealkylation sites (tertiary alicyclic amines) is 2. The number of carbonyl (C=O) groups is 1. The van der Waals surface area contributed by atoms with Gasteiger partial charge in [-0.05, 0) is 104 Å². The molecule has 218 valence electrons. The van der Waals surface area contributed by atoms with Crippen LogP contribution in [0.4, 0.5) is 8.78 Å². The van der Waals surface area contributed by atoms with Crippen molar-refractivity contribution in [3.05, 3.63) is 71.3 Å². The number of carboxylic acids is 1. The highest BCUT2D eigenvalue weighted by Crippen LogP contribution is 2.39. The quantitative estimate of drug-likeness (QED) is 0.326. The molecule has 2 aromatic rings. The molecular formula is C34H46F2N2O2. The minimum atomic E-state index is -0.713. The van der Waals surface area contributed by atoms with E-state index < -0.39 is 12.0 Å². The molecule has 1 N–H and O–H groups in total. The van der Waals surface area contributed by atoms with Gasteiger partial charge in [0.05, 0.1) is 0 Å². The third-order valence-electron chi connectivity index (χ3n) is 9.89. The molecule has 6 heteroatoms. The molecule has 0 amide bonds. The van der Waals surface area contributed by atoms with Crippen molar-refractivity contribution in [2.45, 2.75) is 77.2 Å². The van der Waals surface area contributed by atoms with Crippen LogP contribution in [0.5, 0.6) is 0 Å². The van der Waals surface area contributed by atoms with Gasteiger partial charge in [0.25, 0.3) is 0 Å². The second-order valence-corrected chi connectivity index (χ2v) is 13.7. The van der Waals surface area contributed by atoms with Crippen LogP contribution in [0.1, 0.15) is 75.8 Å². The normalized spacial score (nSPS) is 24.2. The smallest absolute Gasteiger partial charge is 0.320 e. The van der Waals surface area contributed by atoms with Crippen molar-refractivity contribution >= 4 is 5.97 Å². The van der Waals surface area contributed by atoms with Gasteiger partial charge in [0.1, 0.15) is 17.7 Å². The lowest BCUT2D eigenvalue weighted by atomic mass is 9.75. The molecule has 1 aliphatic carbocycles. The van der Waals surface area contributed by atoms with E-state index >= 15 is 0 Å². The van der Waals surface area contributed by atoms with Gasteiger partial charge >= 0.3 is 5.97 Å². The van der Waals surface area contributed by atoms with Gasteiger partial charge in [0.15, 0.2) is 0 Å². The van der Waals surface area contributed by atoms with Gasteiger partial charge in [-0.1, -0.05) is 57.4 Å². The monoisotopic (exact) mass is 552 g/mol. The number of carboxylic acid groups (broad SMARTS) is 1. The van der Waals surface area contributed by atoms with Crippen LogP contribution >= 0.6 is 0 Å². The average Bonchev–Trinajstić information content (AvgIpc) is 3.28. The fourth-order valence-electron chi connectivity index (χ4n) is 7.62. The number of piperidine rings is 1. The summed E-state index contributed by atoms with van der Waals surface area (Å²) in [6.07, 6.45) is 8.66. The van der Waals surface area contributed by atoms with Crippen LogP contribution < -0.4 is 0 Å². The SMILES string of the molecule is CC(C)(Cc1ccc(F)cc1)CC1CCN(CC2CN(C(CC3CCC3)C(=O)O)CC2c2cccc(F)c2)CC1. The molecule has 2 aromatic carbocycles. The first-order chi connectivity index (χ1) is 19.1. The van der Waals surface area contributed by atoms with Gasteiger partial charge in [0.2, 0.25) is 0 Å². The maximum atomic E-state index is 14.2. The predicted molar refractivity (Wildman–Crippen MR) is 155 cm³/mol. The molecule has 5 rings (SSSR count). The van der Waals surface area contributed by atoms with E-state index in [9.17, 15) is 18.7 Å². The van der Waals surface area contributed by atoms with E-state index in [1.54, 1.807) is 24.3 Å². The second-order valence-electron chi connectivity index (χ2n) is 13.7. The third kappa shape index (κ3) is 7.50. The Balaban J connectivity index is 1.19. The van der Waals surface area contributed by atoms with Gasteiger partial charge < -0.3 is 10.0 Å². The van der Waals surface area contributed by atoms with E-state index in [-0.39, 0.29) is 28.9 Å². The molecule has 3 atom stereocenters. The van der Waals surface area contributed by atoms with Crippen LogP contribution in [0, 0.1) is 34.8 Å². The number of halogens is 2. The molecular weight excluding hydrogens is 506 g/mol. The number of hydrogen-bond donors (Lipinski definition) is 1. The first-order valence-electron chi connectivity index (χ1n) is 15.3. The molecule has 0 radical (unpaired) electrons. The zero-order valence-corrected chi connectivity index (χ0v) is 24.2. The number of hydrogen-bond acceptors (Lipinski definition) is 3. The van der Waals surface area contributed by atoms with Crippen LogP contribution in [0.2, 0.25) is 0 Å². The van der Waals surface area contributed by atoms with Crippen molar-refractivity contribution in [2.75, 3.05) is 32.7 Å². The fraction of sp³-hybridized carbons (Fsp3) is 0.618. The lowest BCUT2D eigenvalue weighted by Gasteiger charge is -2.38. The zero-order chi connectivity index (χ0) is 28.3. The van der Waals surface area contributed by atoms with E-state index in [4.69, 9.17) is 0 Å². The highest BCUT2D eigenvalue weighted by atomic mass is 19.1. The molecule has 4 nitrogen and oxygen atoms in total. The first-order valence-corrected chi connectivity index (χ1v) is 15.3. The van der Waals surface area contributed by atoms with Gasteiger partial charge in [-0.25, -0.2) is 8.78 Å². The number of rotatable bonds is 11. The van der Waals surface area contributed by atoms with Crippen molar-refractivity contribution in [1.29, 1.82) is 0 Å². The molecule has 1 saturated carbocycles. The fourth-order valence-corrected chi connectivity index (χ4v) is 7.62. The highest BCUT2D eigenvalue weighted by molar-refractivity contribution is 5.73. The maximum absolute atomic E-state index is 14.2. The third-order valence-corrected chi connectivity index (χ3v) is 9.89. The molecule has 2 aliphatic heterocycles. The Morgan fingerprint density at radius 3 is 2.33 bits per heavy atom. The van der Waals surface area contributed by atoms with E-state index in [2.05, 4.69) is 23.6 Å². The number of benzene rings is 2. The molecule has 0 aromatic heterocycles. The second kappa shape index (κ2) is 12.7. The summed E-state index contributed by atoms with van der Waals surface area (Å²) < 4.78 is 27.5.